The quantitative estimate of drug-likeness (QED) is 0.198. The highest BCUT2D eigenvalue weighted by molar-refractivity contribution is 6.36. The zero-order chi connectivity index (χ0) is 28.8. The summed E-state index contributed by atoms with van der Waals surface area (Å²) in [6, 6.07) is 49.8. The lowest BCUT2D eigenvalue weighted by molar-refractivity contribution is 1.07. The Balaban J connectivity index is 1.32. The molecule has 8 aromatic rings. The van der Waals surface area contributed by atoms with E-state index in [9.17, 15) is 0 Å². The van der Waals surface area contributed by atoms with E-state index in [4.69, 9.17) is 26.6 Å². The van der Waals surface area contributed by atoms with Crippen LogP contribution in [0.15, 0.2) is 146 Å². The Bertz CT molecular complexity index is 2240. The van der Waals surface area contributed by atoms with Crippen LogP contribution in [0, 0.1) is 0 Å². The van der Waals surface area contributed by atoms with Crippen LogP contribution in [-0.2, 0) is 0 Å². The van der Waals surface area contributed by atoms with Gasteiger partial charge in [0.1, 0.15) is 0 Å². The van der Waals surface area contributed by atoms with Crippen molar-refractivity contribution in [3.8, 4) is 45.3 Å². The molecule has 0 N–H and O–H groups in total. The topological polar surface area (TPSA) is 38.7 Å². The molecule has 0 amide bonds. The average Bonchev–Trinajstić information content (AvgIpc) is 3.09. The predicted octanol–water partition coefficient (Wildman–Crippen LogP) is 10.7. The number of hydrogen-bond acceptors (Lipinski definition) is 3. The Morgan fingerprint density at radius 2 is 0.721 bits per heavy atom. The molecule has 0 atom stereocenters. The van der Waals surface area contributed by atoms with Crippen molar-refractivity contribution in [1.82, 2.24) is 15.0 Å². The van der Waals surface area contributed by atoms with E-state index in [1.807, 2.05) is 72.8 Å². The van der Waals surface area contributed by atoms with Gasteiger partial charge in [0.05, 0.1) is 0 Å². The Morgan fingerprint density at radius 1 is 0.326 bits per heavy atom. The molecule has 1 aromatic heterocycles. The highest BCUT2D eigenvalue weighted by atomic mass is 35.5. The van der Waals surface area contributed by atoms with Crippen LogP contribution < -0.4 is 0 Å². The van der Waals surface area contributed by atoms with E-state index >= 15 is 0 Å². The predicted molar refractivity (Wildman–Crippen MR) is 179 cm³/mol. The van der Waals surface area contributed by atoms with Crippen molar-refractivity contribution >= 4 is 43.9 Å². The van der Waals surface area contributed by atoms with Gasteiger partial charge in [0.2, 0.25) is 0 Å². The third-order valence-electron chi connectivity index (χ3n) is 7.96. The molecule has 0 radical (unpaired) electrons. The van der Waals surface area contributed by atoms with Gasteiger partial charge >= 0.3 is 0 Å². The number of rotatable bonds is 4. The SMILES string of the molecule is Clc1cc2c3ccccc3c3ccccc3c2cc1-c1cccc(-c2nc(-c3ccccc3)nc(-c3ccccc3)n2)c1. The molecule has 0 bridgehead atoms. The first-order valence-electron chi connectivity index (χ1n) is 14.2. The monoisotopic (exact) mass is 569 g/mol. The van der Waals surface area contributed by atoms with E-state index in [-0.39, 0.29) is 0 Å². The van der Waals surface area contributed by atoms with Crippen molar-refractivity contribution in [1.29, 1.82) is 0 Å². The molecule has 0 spiro atoms. The molecular formula is C39H24ClN3. The zero-order valence-corrected chi connectivity index (χ0v) is 23.8. The fraction of sp³-hybridized carbons (Fsp3) is 0. The van der Waals surface area contributed by atoms with Crippen LogP contribution in [-0.4, -0.2) is 15.0 Å². The zero-order valence-electron chi connectivity index (χ0n) is 23.1. The van der Waals surface area contributed by atoms with Gasteiger partial charge in [-0.2, -0.15) is 0 Å². The minimum Gasteiger partial charge on any atom is -0.208 e. The van der Waals surface area contributed by atoms with Crippen LogP contribution in [0.25, 0.3) is 77.6 Å². The molecule has 43 heavy (non-hydrogen) atoms. The molecule has 0 fully saturated rings. The highest BCUT2D eigenvalue weighted by Crippen LogP contribution is 2.40. The number of aromatic nitrogens is 3. The van der Waals surface area contributed by atoms with Crippen molar-refractivity contribution < 1.29 is 0 Å². The van der Waals surface area contributed by atoms with Crippen LogP contribution in [0.2, 0.25) is 5.02 Å². The maximum Gasteiger partial charge on any atom is 0.164 e. The van der Waals surface area contributed by atoms with Gasteiger partial charge in [-0.3, -0.25) is 0 Å². The molecule has 8 rings (SSSR count). The van der Waals surface area contributed by atoms with Gasteiger partial charge in [-0.25, -0.2) is 15.0 Å². The van der Waals surface area contributed by atoms with Crippen LogP contribution >= 0.6 is 11.6 Å². The minimum absolute atomic E-state index is 0.614. The van der Waals surface area contributed by atoms with E-state index in [0.717, 1.165) is 33.2 Å². The lowest BCUT2D eigenvalue weighted by Crippen LogP contribution is -2.00. The number of hydrogen-bond donors (Lipinski definition) is 0. The van der Waals surface area contributed by atoms with E-state index in [0.29, 0.717) is 22.5 Å². The molecule has 4 heteroatoms. The van der Waals surface area contributed by atoms with E-state index in [2.05, 4.69) is 72.8 Å². The summed E-state index contributed by atoms with van der Waals surface area (Å²) in [5, 5.41) is 7.91. The van der Waals surface area contributed by atoms with Crippen LogP contribution in [0.5, 0.6) is 0 Å². The summed E-state index contributed by atoms with van der Waals surface area (Å²) >= 11 is 7.06. The smallest absolute Gasteiger partial charge is 0.164 e. The summed E-state index contributed by atoms with van der Waals surface area (Å²) in [5.41, 5.74) is 4.75. The summed E-state index contributed by atoms with van der Waals surface area (Å²) < 4.78 is 0. The third kappa shape index (κ3) is 4.51. The summed E-state index contributed by atoms with van der Waals surface area (Å²) in [4.78, 5) is 14.7. The lowest BCUT2D eigenvalue weighted by atomic mass is 9.91. The number of fused-ring (bicyclic) bond motifs is 6. The minimum atomic E-state index is 0.614. The molecule has 3 nitrogen and oxygen atoms in total. The van der Waals surface area contributed by atoms with Gasteiger partial charge in [-0.1, -0.05) is 139 Å². The second-order valence-electron chi connectivity index (χ2n) is 10.6. The third-order valence-corrected chi connectivity index (χ3v) is 8.28. The van der Waals surface area contributed by atoms with Gasteiger partial charge in [-0.15, -0.1) is 0 Å². The van der Waals surface area contributed by atoms with Gasteiger partial charge in [-0.05, 0) is 56.1 Å². The Kier molecular flexibility index (Phi) is 6.17. The fourth-order valence-corrected chi connectivity index (χ4v) is 6.18. The second kappa shape index (κ2) is 10.5. The molecule has 0 saturated carbocycles. The number of nitrogens with zero attached hydrogens (tertiary/aromatic N) is 3. The molecule has 1 heterocycles. The van der Waals surface area contributed by atoms with Crippen molar-refractivity contribution in [2.45, 2.75) is 0 Å². The molecule has 0 aliphatic rings. The number of benzene rings is 7. The maximum absolute atomic E-state index is 7.06. The second-order valence-corrected chi connectivity index (χ2v) is 11.0. The normalized spacial score (nSPS) is 11.4. The Labute approximate surface area is 254 Å². The Hall–Kier alpha value is -5.38. The van der Waals surface area contributed by atoms with Crippen molar-refractivity contribution in [2.24, 2.45) is 0 Å². The molecular weight excluding hydrogens is 546 g/mol. The summed E-state index contributed by atoms with van der Waals surface area (Å²) in [6.07, 6.45) is 0. The summed E-state index contributed by atoms with van der Waals surface area (Å²) in [5.74, 6) is 1.89. The van der Waals surface area contributed by atoms with Crippen LogP contribution in [0.4, 0.5) is 0 Å². The van der Waals surface area contributed by atoms with Gasteiger partial charge in [0.15, 0.2) is 17.5 Å². The molecule has 202 valence electrons. The van der Waals surface area contributed by atoms with Gasteiger partial charge in [0.25, 0.3) is 0 Å². The molecule has 7 aromatic carbocycles. The molecule has 0 saturated heterocycles. The number of halogens is 1. The van der Waals surface area contributed by atoms with Crippen molar-refractivity contribution in [2.75, 3.05) is 0 Å². The average molecular weight is 570 g/mol. The van der Waals surface area contributed by atoms with Crippen molar-refractivity contribution in [3.63, 3.8) is 0 Å². The summed E-state index contributed by atoms with van der Waals surface area (Å²) in [6.45, 7) is 0. The van der Waals surface area contributed by atoms with Crippen LogP contribution in [0.1, 0.15) is 0 Å². The van der Waals surface area contributed by atoms with Crippen LogP contribution in [0.3, 0.4) is 0 Å². The molecule has 0 unspecified atom stereocenters. The van der Waals surface area contributed by atoms with Crippen molar-refractivity contribution in [3.05, 3.63) is 151 Å². The fourth-order valence-electron chi connectivity index (χ4n) is 5.91. The first-order chi connectivity index (χ1) is 21.2. The van der Waals surface area contributed by atoms with Gasteiger partial charge < -0.3 is 0 Å². The van der Waals surface area contributed by atoms with E-state index in [1.54, 1.807) is 0 Å². The largest absolute Gasteiger partial charge is 0.208 e. The maximum atomic E-state index is 7.06. The standard InChI is InChI=1S/C39H24ClN3/c40-36-24-35-32-21-10-8-19-30(32)29-18-7-9-20-31(29)34(35)23-33(36)27-16-11-17-28(22-27)39-42-37(25-12-3-1-4-13-25)41-38(43-39)26-14-5-2-6-15-26/h1-24H. The van der Waals surface area contributed by atoms with E-state index in [1.165, 1.54) is 26.9 Å². The summed E-state index contributed by atoms with van der Waals surface area (Å²) in [7, 11) is 0. The first-order valence-corrected chi connectivity index (χ1v) is 14.6. The lowest BCUT2D eigenvalue weighted by Gasteiger charge is -2.14. The van der Waals surface area contributed by atoms with Gasteiger partial charge in [0, 0.05) is 27.3 Å². The molecule has 0 aliphatic carbocycles. The molecule has 0 aliphatic heterocycles. The first kappa shape index (κ1) is 25.3. The van der Waals surface area contributed by atoms with E-state index < -0.39 is 0 Å². The highest BCUT2D eigenvalue weighted by Gasteiger charge is 2.15. The Morgan fingerprint density at radius 3 is 1.26 bits per heavy atom.